The zero-order chi connectivity index (χ0) is 13.0. The van der Waals surface area contributed by atoms with Gasteiger partial charge in [-0.1, -0.05) is 6.07 Å². The van der Waals surface area contributed by atoms with Crippen LogP contribution in [0.25, 0.3) is 0 Å². The molecule has 0 aliphatic heterocycles. The Balaban J connectivity index is 2.34. The number of hydrogen-bond donors (Lipinski definition) is 0. The molecule has 1 aromatic rings. The molecule has 1 fully saturated rings. The average molecular weight is 257 g/mol. The highest BCUT2D eigenvalue weighted by atomic mass is 19.4. The molecule has 0 aromatic heterocycles. The molecule has 0 bridgehead atoms. The van der Waals surface area contributed by atoms with Gasteiger partial charge in [0.05, 0.1) is 0 Å². The quantitative estimate of drug-likeness (QED) is 0.556. The SMILES string of the molecule is Fc1ccc(C2C([B-](F)(F)F)C2(F)F)cc1F. The summed E-state index contributed by atoms with van der Waals surface area (Å²) in [6, 6.07) is 1.67. The van der Waals surface area contributed by atoms with E-state index in [0.29, 0.717) is 12.1 Å². The van der Waals surface area contributed by atoms with Gasteiger partial charge in [-0.15, -0.1) is 0 Å². The number of halogens is 7. The van der Waals surface area contributed by atoms with Crippen molar-refractivity contribution in [2.24, 2.45) is 0 Å². The zero-order valence-electron chi connectivity index (χ0n) is 8.11. The molecule has 2 atom stereocenters. The predicted octanol–water partition coefficient (Wildman–Crippen LogP) is 3.91. The van der Waals surface area contributed by atoms with Crippen molar-refractivity contribution in [3.63, 3.8) is 0 Å². The number of hydrogen-bond acceptors (Lipinski definition) is 0. The summed E-state index contributed by atoms with van der Waals surface area (Å²) in [7, 11) is 0. The lowest BCUT2D eigenvalue weighted by molar-refractivity contribution is 0.107. The molecule has 17 heavy (non-hydrogen) atoms. The van der Waals surface area contributed by atoms with Crippen molar-refractivity contribution < 1.29 is 30.5 Å². The van der Waals surface area contributed by atoms with Gasteiger partial charge in [0.1, 0.15) is 0 Å². The zero-order valence-corrected chi connectivity index (χ0v) is 8.11. The smallest absolute Gasteiger partial charge is 0.449 e. The van der Waals surface area contributed by atoms with E-state index in [1.165, 1.54) is 0 Å². The highest BCUT2D eigenvalue weighted by molar-refractivity contribution is 6.62. The maximum atomic E-state index is 13.0. The van der Waals surface area contributed by atoms with Crippen LogP contribution in [-0.2, 0) is 0 Å². The van der Waals surface area contributed by atoms with Crippen LogP contribution in [0.15, 0.2) is 18.2 Å². The summed E-state index contributed by atoms with van der Waals surface area (Å²) in [4.78, 5) is 0. The normalized spacial score (nSPS) is 27.0. The summed E-state index contributed by atoms with van der Waals surface area (Å²) in [5, 5.41) is 0. The second-order valence-corrected chi connectivity index (χ2v) is 3.98. The standard InChI is InChI=1S/C9H5BF7/c11-5-2-1-4(3-6(5)12)7-8(9(7,13)14)10(15,16)17/h1-3,7-8H/q-1. The van der Waals surface area contributed by atoms with Crippen molar-refractivity contribution in [3.8, 4) is 0 Å². The fraction of sp³-hybridized carbons (Fsp3) is 0.333. The van der Waals surface area contributed by atoms with Crippen molar-refractivity contribution >= 4 is 6.98 Å². The molecule has 1 aliphatic rings. The van der Waals surface area contributed by atoms with E-state index in [4.69, 9.17) is 0 Å². The van der Waals surface area contributed by atoms with Gasteiger partial charge in [-0.05, 0) is 17.7 Å². The van der Waals surface area contributed by atoms with Crippen LogP contribution in [-0.4, -0.2) is 12.9 Å². The van der Waals surface area contributed by atoms with Crippen LogP contribution in [0.2, 0.25) is 5.82 Å². The predicted molar refractivity (Wildman–Crippen MR) is 46.9 cm³/mol. The second kappa shape index (κ2) is 3.40. The van der Waals surface area contributed by atoms with Crippen LogP contribution in [0, 0.1) is 11.6 Å². The molecule has 0 heterocycles. The Kier molecular flexibility index (Phi) is 2.45. The van der Waals surface area contributed by atoms with E-state index in [0.717, 1.165) is 6.07 Å². The topological polar surface area (TPSA) is 0 Å². The molecule has 94 valence electrons. The molecule has 2 rings (SSSR count). The average Bonchev–Trinajstić information content (AvgIpc) is 2.74. The van der Waals surface area contributed by atoms with Gasteiger partial charge in [0.15, 0.2) is 11.6 Å². The summed E-state index contributed by atoms with van der Waals surface area (Å²) >= 11 is 0. The third-order valence-corrected chi connectivity index (χ3v) is 2.82. The fourth-order valence-corrected chi connectivity index (χ4v) is 1.96. The molecular formula is C9H5BF7-. The summed E-state index contributed by atoms with van der Waals surface area (Å²) in [6.07, 6.45) is 0. The lowest BCUT2D eigenvalue weighted by atomic mass is 9.80. The number of benzene rings is 1. The van der Waals surface area contributed by atoms with E-state index in [2.05, 4.69) is 0 Å². The fourth-order valence-electron chi connectivity index (χ4n) is 1.96. The monoisotopic (exact) mass is 257 g/mol. The third-order valence-electron chi connectivity index (χ3n) is 2.82. The summed E-state index contributed by atoms with van der Waals surface area (Å²) in [5.41, 5.74) is -0.530. The van der Waals surface area contributed by atoms with Gasteiger partial charge in [0.25, 0.3) is 0 Å². The van der Waals surface area contributed by atoms with E-state index in [1.807, 2.05) is 0 Å². The lowest BCUT2D eigenvalue weighted by Gasteiger charge is -2.11. The molecule has 0 amide bonds. The third kappa shape index (κ3) is 1.89. The maximum Gasteiger partial charge on any atom is 0.488 e. The van der Waals surface area contributed by atoms with E-state index >= 15 is 0 Å². The number of alkyl halides is 2. The second-order valence-electron chi connectivity index (χ2n) is 3.98. The van der Waals surface area contributed by atoms with Crippen LogP contribution in [0.1, 0.15) is 11.5 Å². The minimum Gasteiger partial charge on any atom is -0.449 e. The van der Waals surface area contributed by atoms with Crippen LogP contribution in [0.3, 0.4) is 0 Å². The highest BCUT2D eigenvalue weighted by Crippen LogP contribution is 2.70. The molecule has 1 aliphatic carbocycles. The Bertz CT molecular complexity index is 453. The Morgan fingerprint density at radius 3 is 2.00 bits per heavy atom. The van der Waals surface area contributed by atoms with Gasteiger partial charge in [0, 0.05) is 11.7 Å². The molecule has 2 unspecified atom stereocenters. The first-order valence-electron chi connectivity index (χ1n) is 4.68. The first kappa shape index (κ1) is 12.3. The molecular weight excluding hydrogens is 252 g/mol. The van der Waals surface area contributed by atoms with Crippen LogP contribution < -0.4 is 0 Å². The molecule has 8 heteroatoms. The Morgan fingerprint density at radius 2 is 1.59 bits per heavy atom. The van der Waals surface area contributed by atoms with Crippen LogP contribution in [0.4, 0.5) is 30.5 Å². The van der Waals surface area contributed by atoms with Crippen molar-refractivity contribution in [3.05, 3.63) is 35.4 Å². The van der Waals surface area contributed by atoms with Crippen LogP contribution in [0.5, 0.6) is 0 Å². The van der Waals surface area contributed by atoms with Gasteiger partial charge < -0.3 is 12.9 Å². The largest absolute Gasteiger partial charge is 0.488 e. The summed E-state index contributed by atoms with van der Waals surface area (Å²) < 4.78 is 88.0. The molecule has 0 nitrogen and oxygen atoms in total. The van der Waals surface area contributed by atoms with Crippen molar-refractivity contribution in [1.29, 1.82) is 0 Å². The van der Waals surface area contributed by atoms with E-state index in [1.54, 1.807) is 0 Å². The Labute approximate surface area is 91.5 Å². The van der Waals surface area contributed by atoms with Crippen molar-refractivity contribution in [1.82, 2.24) is 0 Å². The van der Waals surface area contributed by atoms with Gasteiger partial charge in [-0.2, -0.15) is 0 Å². The summed E-state index contributed by atoms with van der Waals surface area (Å²) in [5.74, 6) is -11.5. The van der Waals surface area contributed by atoms with E-state index in [9.17, 15) is 30.5 Å². The lowest BCUT2D eigenvalue weighted by Crippen LogP contribution is -2.18. The van der Waals surface area contributed by atoms with Crippen molar-refractivity contribution in [2.75, 3.05) is 0 Å². The van der Waals surface area contributed by atoms with Gasteiger partial charge in [-0.25, -0.2) is 17.6 Å². The first-order valence-corrected chi connectivity index (χ1v) is 4.68. The summed E-state index contributed by atoms with van der Waals surface area (Å²) in [6.45, 7) is -5.71. The molecule has 0 radical (unpaired) electrons. The maximum absolute atomic E-state index is 13.0. The van der Waals surface area contributed by atoms with Crippen molar-refractivity contribution in [2.45, 2.75) is 17.7 Å². The first-order chi connectivity index (χ1) is 7.65. The minimum absolute atomic E-state index is 0.385. The molecule has 0 saturated heterocycles. The highest BCUT2D eigenvalue weighted by Gasteiger charge is 2.74. The number of rotatable bonds is 2. The molecule has 1 saturated carbocycles. The van der Waals surface area contributed by atoms with Crippen LogP contribution >= 0.6 is 0 Å². The van der Waals surface area contributed by atoms with E-state index < -0.39 is 41.8 Å². The Morgan fingerprint density at radius 1 is 1.00 bits per heavy atom. The van der Waals surface area contributed by atoms with E-state index in [-0.39, 0.29) is 0 Å². The molecule has 0 spiro atoms. The van der Waals surface area contributed by atoms with Gasteiger partial charge in [-0.3, -0.25) is 0 Å². The van der Waals surface area contributed by atoms with Gasteiger partial charge >= 0.3 is 6.98 Å². The van der Waals surface area contributed by atoms with Gasteiger partial charge in [0.2, 0.25) is 5.92 Å². The molecule has 1 aromatic carbocycles. The minimum atomic E-state index is -5.71. The molecule has 0 N–H and O–H groups in total. The Hall–Kier alpha value is -1.21.